The van der Waals surface area contributed by atoms with Gasteiger partial charge >= 0.3 is 5.97 Å². The Morgan fingerprint density at radius 3 is 2.76 bits per heavy atom. The lowest BCUT2D eigenvalue weighted by atomic mass is 10.1. The third-order valence-corrected chi connectivity index (χ3v) is 3.85. The molecular formula is C19H16ClNO4. The van der Waals surface area contributed by atoms with Crippen molar-refractivity contribution in [3.05, 3.63) is 64.3 Å². The van der Waals surface area contributed by atoms with Crippen molar-refractivity contribution < 1.29 is 19.0 Å². The summed E-state index contributed by atoms with van der Waals surface area (Å²) >= 11 is 6.22. The number of methoxy groups -OCH3 is 1. The van der Waals surface area contributed by atoms with Gasteiger partial charge in [-0.15, -0.1) is 0 Å². The number of benzene rings is 2. The van der Waals surface area contributed by atoms with Gasteiger partial charge in [-0.05, 0) is 37.3 Å². The molecule has 0 bridgehead atoms. The topological polar surface area (TPSA) is 57.1 Å². The first-order valence-electron chi connectivity index (χ1n) is 7.70. The van der Waals surface area contributed by atoms with Crippen molar-refractivity contribution in [2.24, 2.45) is 4.99 Å². The van der Waals surface area contributed by atoms with Gasteiger partial charge in [-0.25, -0.2) is 9.79 Å². The van der Waals surface area contributed by atoms with E-state index in [2.05, 4.69) is 4.99 Å². The minimum absolute atomic E-state index is 0.165. The van der Waals surface area contributed by atoms with Crippen LogP contribution in [0.2, 0.25) is 5.02 Å². The number of nitrogens with zero attached hydrogens (tertiary/aromatic N) is 1. The number of halogens is 1. The molecule has 0 atom stereocenters. The zero-order valence-corrected chi connectivity index (χ0v) is 14.5. The maximum absolute atomic E-state index is 12.2. The monoisotopic (exact) mass is 357 g/mol. The van der Waals surface area contributed by atoms with E-state index in [-0.39, 0.29) is 11.6 Å². The minimum Gasteiger partial charge on any atom is -0.497 e. The van der Waals surface area contributed by atoms with E-state index in [1.54, 1.807) is 31.4 Å². The van der Waals surface area contributed by atoms with Crippen LogP contribution in [0.15, 0.2) is 53.2 Å². The molecule has 128 valence electrons. The molecule has 0 aromatic heterocycles. The highest BCUT2D eigenvalue weighted by atomic mass is 35.5. The number of aliphatic imine (C=N–C) groups is 1. The maximum Gasteiger partial charge on any atom is 0.363 e. The fourth-order valence-corrected chi connectivity index (χ4v) is 2.61. The van der Waals surface area contributed by atoms with Gasteiger partial charge in [0.2, 0.25) is 5.90 Å². The Bertz CT molecular complexity index is 873. The molecule has 0 saturated carbocycles. The van der Waals surface area contributed by atoms with Crippen molar-refractivity contribution in [1.82, 2.24) is 0 Å². The van der Waals surface area contributed by atoms with E-state index in [1.165, 1.54) is 0 Å². The Labute approximate surface area is 150 Å². The Balaban J connectivity index is 1.96. The van der Waals surface area contributed by atoms with Crippen LogP contribution < -0.4 is 9.47 Å². The zero-order chi connectivity index (χ0) is 17.8. The van der Waals surface area contributed by atoms with Gasteiger partial charge in [0.25, 0.3) is 0 Å². The number of hydrogen-bond acceptors (Lipinski definition) is 5. The van der Waals surface area contributed by atoms with Crippen LogP contribution in [0.1, 0.15) is 18.1 Å². The fraction of sp³-hybridized carbons (Fsp3) is 0.158. The molecule has 0 aliphatic carbocycles. The standard InChI is InChI=1S/C19H16ClNO4/c1-3-24-17-7-5-4-6-12(17)10-16-19(22)25-18(21-16)14-9-8-13(23-2)11-15(14)20/h4-11H,3H2,1-2H3. The molecule has 2 aromatic carbocycles. The molecule has 3 rings (SSSR count). The van der Waals surface area contributed by atoms with Gasteiger partial charge < -0.3 is 14.2 Å². The molecule has 0 saturated heterocycles. The first kappa shape index (κ1) is 17.0. The van der Waals surface area contributed by atoms with Crippen LogP contribution in [0.25, 0.3) is 6.08 Å². The van der Waals surface area contributed by atoms with Gasteiger partial charge in [0.05, 0.1) is 24.3 Å². The van der Waals surface area contributed by atoms with Gasteiger partial charge in [0, 0.05) is 5.56 Å². The summed E-state index contributed by atoms with van der Waals surface area (Å²) in [5.74, 6) is 0.919. The van der Waals surface area contributed by atoms with Gasteiger partial charge in [0.1, 0.15) is 11.5 Å². The lowest BCUT2D eigenvalue weighted by Crippen LogP contribution is -2.06. The molecule has 0 fully saturated rings. The van der Waals surface area contributed by atoms with Crippen molar-refractivity contribution in [3.63, 3.8) is 0 Å². The third-order valence-electron chi connectivity index (χ3n) is 3.54. The van der Waals surface area contributed by atoms with E-state index >= 15 is 0 Å². The van der Waals surface area contributed by atoms with Crippen LogP contribution in [-0.4, -0.2) is 25.6 Å². The number of rotatable bonds is 5. The number of para-hydroxylation sites is 1. The molecule has 1 heterocycles. The smallest absolute Gasteiger partial charge is 0.363 e. The highest BCUT2D eigenvalue weighted by Gasteiger charge is 2.26. The number of carbonyl (C=O) groups excluding carboxylic acids is 1. The summed E-state index contributed by atoms with van der Waals surface area (Å²) in [4.78, 5) is 16.4. The van der Waals surface area contributed by atoms with Gasteiger partial charge in [-0.1, -0.05) is 29.8 Å². The Morgan fingerprint density at radius 2 is 2.04 bits per heavy atom. The second-order valence-electron chi connectivity index (χ2n) is 5.15. The summed E-state index contributed by atoms with van der Waals surface area (Å²) in [6.07, 6.45) is 1.64. The first-order chi connectivity index (χ1) is 12.1. The quantitative estimate of drug-likeness (QED) is 0.597. The summed E-state index contributed by atoms with van der Waals surface area (Å²) in [5, 5.41) is 0.391. The third kappa shape index (κ3) is 3.67. The molecule has 0 amide bonds. The van der Waals surface area contributed by atoms with Crippen molar-refractivity contribution in [1.29, 1.82) is 0 Å². The Kier molecular flexibility index (Phi) is 5.05. The van der Waals surface area contributed by atoms with Crippen molar-refractivity contribution in [2.45, 2.75) is 6.92 Å². The highest BCUT2D eigenvalue weighted by molar-refractivity contribution is 6.34. The molecule has 0 radical (unpaired) electrons. The summed E-state index contributed by atoms with van der Waals surface area (Å²) in [7, 11) is 1.55. The Hall–Kier alpha value is -2.79. The van der Waals surface area contributed by atoms with Crippen LogP contribution in [0.3, 0.4) is 0 Å². The molecule has 6 heteroatoms. The van der Waals surface area contributed by atoms with Gasteiger partial charge in [-0.3, -0.25) is 0 Å². The lowest BCUT2D eigenvalue weighted by molar-refractivity contribution is -0.129. The first-order valence-corrected chi connectivity index (χ1v) is 8.08. The molecule has 0 unspecified atom stereocenters. The maximum atomic E-state index is 12.2. The number of hydrogen-bond donors (Lipinski definition) is 0. The number of carbonyl (C=O) groups is 1. The number of cyclic esters (lactones) is 1. The van der Waals surface area contributed by atoms with E-state index in [0.29, 0.717) is 28.7 Å². The SMILES string of the molecule is CCOc1ccccc1C=C1N=C(c2ccc(OC)cc2Cl)OC1=O. The molecule has 1 aliphatic heterocycles. The van der Waals surface area contributed by atoms with Crippen LogP contribution in [0, 0.1) is 0 Å². The molecule has 0 N–H and O–H groups in total. The molecule has 5 nitrogen and oxygen atoms in total. The van der Waals surface area contributed by atoms with E-state index < -0.39 is 5.97 Å². The van der Waals surface area contributed by atoms with Crippen LogP contribution in [0.4, 0.5) is 0 Å². The number of esters is 1. The molecule has 2 aromatic rings. The van der Waals surface area contributed by atoms with Gasteiger partial charge in [-0.2, -0.15) is 0 Å². The average molecular weight is 358 g/mol. The lowest BCUT2D eigenvalue weighted by Gasteiger charge is -2.06. The minimum atomic E-state index is -0.534. The van der Waals surface area contributed by atoms with Gasteiger partial charge in [0.15, 0.2) is 5.70 Å². The van der Waals surface area contributed by atoms with Crippen LogP contribution >= 0.6 is 11.6 Å². The van der Waals surface area contributed by atoms with Crippen LogP contribution in [-0.2, 0) is 9.53 Å². The zero-order valence-electron chi connectivity index (χ0n) is 13.8. The van der Waals surface area contributed by atoms with Crippen LogP contribution in [0.5, 0.6) is 11.5 Å². The summed E-state index contributed by atoms with van der Waals surface area (Å²) in [6.45, 7) is 2.43. The molecular weight excluding hydrogens is 342 g/mol. The van der Waals surface area contributed by atoms with E-state index in [0.717, 1.165) is 5.56 Å². The normalized spacial score (nSPS) is 15.1. The highest BCUT2D eigenvalue weighted by Crippen LogP contribution is 2.28. The molecule has 0 spiro atoms. The largest absolute Gasteiger partial charge is 0.497 e. The fourth-order valence-electron chi connectivity index (χ4n) is 2.35. The molecule has 1 aliphatic rings. The summed E-state index contributed by atoms with van der Waals surface area (Å²) in [5.41, 5.74) is 1.47. The predicted molar refractivity (Wildman–Crippen MR) is 96.2 cm³/mol. The van der Waals surface area contributed by atoms with E-state index in [1.807, 2.05) is 31.2 Å². The van der Waals surface area contributed by atoms with E-state index in [9.17, 15) is 4.79 Å². The van der Waals surface area contributed by atoms with Crippen molar-refractivity contribution in [2.75, 3.05) is 13.7 Å². The predicted octanol–water partition coefficient (Wildman–Crippen LogP) is 4.09. The second-order valence-corrected chi connectivity index (χ2v) is 5.56. The van der Waals surface area contributed by atoms with E-state index in [4.69, 9.17) is 25.8 Å². The Morgan fingerprint density at radius 1 is 1.24 bits per heavy atom. The van der Waals surface area contributed by atoms with Crippen molar-refractivity contribution >= 4 is 29.5 Å². The molecule has 25 heavy (non-hydrogen) atoms. The summed E-state index contributed by atoms with van der Waals surface area (Å²) in [6, 6.07) is 12.5. The van der Waals surface area contributed by atoms with Crippen molar-refractivity contribution in [3.8, 4) is 11.5 Å². The summed E-state index contributed by atoms with van der Waals surface area (Å²) < 4.78 is 15.9. The average Bonchev–Trinajstić information content (AvgIpc) is 2.97. The second kappa shape index (κ2) is 7.40. The number of ether oxygens (including phenoxy) is 3.